The second-order valence-corrected chi connectivity index (χ2v) is 11.7. The number of nitrogens with zero attached hydrogens (tertiary/aromatic N) is 6. The Bertz CT molecular complexity index is 1480. The van der Waals surface area contributed by atoms with E-state index in [1.165, 1.54) is 12.4 Å². The fourth-order valence-electron chi connectivity index (χ4n) is 5.36. The van der Waals surface area contributed by atoms with E-state index in [2.05, 4.69) is 56.0 Å². The highest BCUT2D eigenvalue weighted by Crippen LogP contribution is 2.41. The molecule has 2 aliphatic heterocycles. The van der Waals surface area contributed by atoms with Crippen LogP contribution in [-0.4, -0.2) is 92.8 Å². The molecule has 2 N–H and O–H groups in total. The molecule has 2 saturated heterocycles. The van der Waals surface area contributed by atoms with Gasteiger partial charge in [-0.1, -0.05) is 41.9 Å². The third-order valence-electron chi connectivity index (χ3n) is 7.72. The number of hydrogen-bond donors (Lipinski definition) is 2. The van der Waals surface area contributed by atoms with Crippen LogP contribution in [0.2, 0.25) is 10.0 Å². The summed E-state index contributed by atoms with van der Waals surface area (Å²) >= 11 is 12.8. The van der Waals surface area contributed by atoms with Gasteiger partial charge < -0.3 is 25.2 Å². The number of likely N-dealkylation sites (N-methyl/N-ethyl adjacent to an activating group) is 1. The van der Waals surface area contributed by atoms with Gasteiger partial charge in [-0.2, -0.15) is 0 Å². The van der Waals surface area contributed by atoms with Crippen LogP contribution in [0.4, 0.5) is 28.7 Å². The largest absolute Gasteiger partial charge is 0.494 e. The van der Waals surface area contributed by atoms with Gasteiger partial charge >= 0.3 is 0 Å². The molecule has 0 saturated carbocycles. The molecule has 1 unspecified atom stereocenters. The van der Waals surface area contributed by atoms with Crippen molar-refractivity contribution in [1.29, 1.82) is 0 Å². The van der Waals surface area contributed by atoms with E-state index < -0.39 is 0 Å². The van der Waals surface area contributed by atoms with Crippen molar-refractivity contribution < 1.29 is 14.4 Å². The van der Waals surface area contributed by atoms with Crippen molar-refractivity contribution in [2.24, 2.45) is 0 Å². The number of anilines is 5. The average Bonchev–Trinajstić information content (AvgIpc) is 3.52. The van der Waals surface area contributed by atoms with E-state index >= 15 is 0 Å². The van der Waals surface area contributed by atoms with E-state index in [1.807, 2.05) is 24.3 Å². The molecule has 1 amide bonds. The minimum atomic E-state index is -0.298. The van der Waals surface area contributed by atoms with E-state index in [1.54, 1.807) is 24.3 Å². The molecule has 0 aliphatic carbocycles. The predicted molar refractivity (Wildman–Crippen MR) is 177 cm³/mol. The van der Waals surface area contributed by atoms with Crippen molar-refractivity contribution in [3.05, 3.63) is 71.0 Å². The Morgan fingerprint density at radius 3 is 2.68 bits per heavy atom. The fourth-order valence-corrected chi connectivity index (χ4v) is 5.80. The first kappa shape index (κ1) is 31.8. The van der Waals surface area contributed by atoms with Crippen LogP contribution in [0.1, 0.15) is 18.0 Å². The lowest BCUT2D eigenvalue weighted by Crippen LogP contribution is -2.48. The molecular weight excluding hydrogens is 603 g/mol. The molecule has 1 atom stereocenters. The van der Waals surface area contributed by atoms with Crippen LogP contribution < -0.4 is 25.3 Å². The Hall–Kier alpha value is -3.61. The zero-order valence-corrected chi connectivity index (χ0v) is 26.7. The molecule has 234 valence electrons. The zero-order valence-electron chi connectivity index (χ0n) is 25.2. The SMILES string of the molecule is C=CC(=O)Nc1cc(Nc2cc(N3OCCC3c3cccc(Cl)c3Cl)ncn2)c(OC)cc1N1CCN(CCN(C)C)CC1. The van der Waals surface area contributed by atoms with Gasteiger partial charge in [0.05, 0.1) is 46.9 Å². The van der Waals surface area contributed by atoms with Gasteiger partial charge in [-0.3, -0.25) is 14.5 Å². The van der Waals surface area contributed by atoms with Crippen molar-refractivity contribution in [3.8, 4) is 5.75 Å². The molecule has 1 aromatic heterocycles. The molecule has 0 bridgehead atoms. The fraction of sp³-hybridized carbons (Fsp3) is 0.387. The molecular formula is C31H38Cl2N8O3. The predicted octanol–water partition coefficient (Wildman–Crippen LogP) is 5.23. The van der Waals surface area contributed by atoms with Gasteiger partial charge in [0.25, 0.3) is 0 Å². The lowest BCUT2D eigenvalue weighted by molar-refractivity contribution is -0.111. The molecule has 0 radical (unpaired) electrons. The van der Waals surface area contributed by atoms with Gasteiger partial charge in [0.2, 0.25) is 5.91 Å². The van der Waals surface area contributed by atoms with E-state index in [0.717, 1.165) is 56.9 Å². The number of carbonyl (C=O) groups is 1. The van der Waals surface area contributed by atoms with Crippen molar-refractivity contribution in [2.45, 2.75) is 12.5 Å². The number of amides is 1. The van der Waals surface area contributed by atoms with E-state index in [-0.39, 0.29) is 11.9 Å². The third kappa shape index (κ3) is 7.36. The summed E-state index contributed by atoms with van der Waals surface area (Å²) in [6.45, 7) is 9.66. The van der Waals surface area contributed by atoms with Gasteiger partial charge in [0.15, 0.2) is 5.82 Å². The molecule has 2 aliphatic rings. The quantitative estimate of drug-likeness (QED) is 0.271. The topological polar surface area (TPSA) is 98.3 Å². The van der Waals surface area contributed by atoms with Gasteiger partial charge in [0.1, 0.15) is 17.9 Å². The zero-order chi connectivity index (χ0) is 31.2. The molecule has 44 heavy (non-hydrogen) atoms. The number of methoxy groups -OCH3 is 1. The average molecular weight is 642 g/mol. The molecule has 0 spiro atoms. The Balaban J connectivity index is 1.39. The van der Waals surface area contributed by atoms with Crippen LogP contribution >= 0.6 is 23.2 Å². The third-order valence-corrected chi connectivity index (χ3v) is 8.56. The number of ether oxygens (including phenoxy) is 1. The van der Waals surface area contributed by atoms with Crippen LogP contribution in [0.25, 0.3) is 0 Å². The second-order valence-electron chi connectivity index (χ2n) is 10.9. The van der Waals surface area contributed by atoms with E-state index in [0.29, 0.717) is 45.4 Å². The van der Waals surface area contributed by atoms with Crippen molar-refractivity contribution in [3.63, 3.8) is 0 Å². The lowest BCUT2D eigenvalue weighted by Gasteiger charge is -2.37. The normalized spacial score (nSPS) is 17.2. The molecule has 13 heteroatoms. The maximum Gasteiger partial charge on any atom is 0.247 e. The van der Waals surface area contributed by atoms with E-state index in [9.17, 15) is 4.79 Å². The number of rotatable bonds is 11. The number of nitrogens with one attached hydrogen (secondary N) is 2. The summed E-state index contributed by atoms with van der Waals surface area (Å²) in [4.78, 5) is 34.2. The summed E-state index contributed by atoms with van der Waals surface area (Å²) < 4.78 is 5.81. The number of piperazine rings is 1. The molecule has 2 aromatic carbocycles. The Morgan fingerprint density at radius 2 is 1.95 bits per heavy atom. The van der Waals surface area contributed by atoms with Crippen LogP contribution in [-0.2, 0) is 9.63 Å². The molecule has 2 fully saturated rings. The van der Waals surface area contributed by atoms with Crippen molar-refractivity contribution in [1.82, 2.24) is 19.8 Å². The Labute approximate surface area is 268 Å². The Morgan fingerprint density at radius 1 is 1.16 bits per heavy atom. The van der Waals surface area contributed by atoms with Gasteiger partial charge in [-0.25, -0.2) is 15.0 Å². The molecule has 5 rings (SSSR count). The molecule has 3 heterocycles. The van der Waals surface area contributed by atoms with Crippen molar-refractivity contribution >= 4 is 57.8 Å². The number of benzene rings is 2. The number of halogens is 2. The summed E-state index contributed by atoms with van der Waals surface area (Å²) in [7, 11) is 5.79. The number of aromatic nitrogens is 2. The minimum Gasteiger partial charge on any atom is -0.494 e. The highest BCUT2D eigenvalue weighted by molar-refractivity contribution is 6.42. The highest BCUT2D eigenvalue weighted by atomic mass is 35.5. The second kappa shape index (κ2) is 14.4. The summed E-state index contributed by atoms with van der Waals surface area (Å²) in [5.74, 6) is 1.38. The summed E-state index contributed by atoms with van der Waals surface area (Å²) in [6.07, 6.45) is 3.45. The Kier molecular flexibility index (Phi) is 10.4. The summed E-state index contributed by atoms with van der Waals surface area (Å²) in [6, 6.07) is 11.0. The lowest BCUT2D eigenvalue weighted by atomic mass is 10.0. The molecule has 11 nitrogen and oxygen atoms in total. The summed E-state index contributed by atoms with van der Waals surface area (Å²) in [5.41, 5.74) is 3.02. The first-order valence-electron chi connectivity index (χ1n) is 14.5. The van der Waals surface area contributed by atoms with Crippen LogP contribution in [0.15, 0.2) is 55.4 Å². The monoisotopic (exact) mass is 640 g/mol. The van der Waals surface area contributed by atoms with Crippen LogP contribution in [0.5, 0.6) is 5.75 Å². The molecule has 3 aromatic rings. The maximum atomic E-state index is 12.5. The van der Waals surface area contributed by atoms with Crippen LogP contribution in [0.3, 0.4) is 0 Å². The standard InChI is InChI=1S/C31H38Cl2N8O3/c1-5-30(42)37-23-17-24(27(43-4)18-26(23)40-14-12-39(13-15-40)11-10-38(2)3)36-28-19-29(35-20-34-28)41-25(9-16-44-41)21-7-6-8-22(32)31(21)33/h5-8,17-20,25H,1,9-16H2,2-4H3,(H,37,42)(H,34,35,36). The maximum absolute atomic E-state index is 12.5. The first-order valence-corrected chi connectivity index (χ1v) is 15.3. The van der Waals surface area contributed by atoms with Gasteiger partial charge in [-0.15, -0.1) is 0 Å². The minimum absolute atomic E-state index is 0.165. The van der Waals surface area contributed by atoms with Gasteiger partial charge in [-0.05, 0) is 37.9 Å². The summed E-state index contributed by atoms with van der Waals surface area (Å²) in [5, 5.41) is 9.04. The van der Waals surface area contributed by atoms with Crippen LogP contribution in [0, 0.1) is 0 Å². The van der Waals surface area contributed by atoms with Gasteiger partial charge in [0, 0.05) is 57.8 Å². The first-order chi connectivity index (χ1) is 21.3. The highest BCUT2D eigenvalue weighted by Gasteiger charge is 2.31. The number of hydrogen-bond acceptors (Lipinski definition) is 10. The number of hydroxylamine groups is 1. The smallest absolute Gasteiger partial charge is 0.247 e. The van der Waals surface area contributed by atoms with Crippen molar-refractivity contribution in [2.75, 3.05) is 87.7 Å². The number of carbonyl (C=O) groups excluding carboxylic acids is 1. The van der Waals surface area contributed by atoms with E-state index in [4.69, 9.17) is 32.8 Å².